The summed E-state index contributed by atoms with van der Waals surface area (Å²) in [4.78, 5) is 0. The third-order valence-electron chi connectivity index (χ3n) is 1.45. The minimum atomic E-state index is -0.989. The summed E-state index contributed by atoms with van der Waals surface area (Å²) in [6.07, 6.45) is 5.54. The molecule has 0 aliphatic heterocycles. The normalized spacial score (nSPS) is 10.5. The van der Waals surface area contributed by atoms with E-state index in [2.05, 4.69) is 18.4 Å². The van der Waals surface area contributed by atoms with Crippen LogP contribution in [0.3, 0.4) is 0 Å². The maximum atomic E-state index is 9.70. The van der Waals surface area contributed by atoms with E-state index in [1.807, 2.05) is 13.8 Å². The van der Waals surface area contributed by atoms with Crippen LogP contribution in [-0.4, -0.2) is 6.61 Å². The van der Waals surface area contributed by atoms with Crippen molar-refractivity contribution < 1.29 is 9.09 Å². The first-order valence-corrected chi connectivity index (χ1v) is 6.18. The fraction of sp³-hybridized carbons (Fsp3) is 1.00. The van der Waals surface area contributed by atoms with Gasteiger partial charge in [0, 0.05) is 0 Å². The molecule has 2 nitrogen and oxygen atoms in total. The molecule has 13 heavy (non-hydrogen) atoms. The first kappa shape index (κ1) is 15.7. The number of rotatable bonds is 6. The van der Waals surface area contributed by atoms with Crippen LogP contribution in [0.15, 0.2) is 0 Å². The van der Waals surface area contributed by atoms with Gasteiger partial charge in [-0.15, -0.1) is 0 Å². The summed E-state index contributed by atoms with van der Waals surface area (Å²) in [5, 5.41) is 0. The molecule has 0 aromatic rings. The van der Waals surface area contributed by atoms with Crippen LogP contribution < -0.4 is 0 Å². The Balaban J connectivity index is 0. The molecule has 0 bridgehead atoms. The Kier molecular flexibility index (Phi) is 17.7. The number of unbranched alkanes of at least 4 members (excludes halogenated alkanes) is 3. The summed E-state index contributed by atoms with van der Waals surface area (Å²) in [6.45, 7) is 9.13. The van der Waals surface area contributed by atoms with E-state index in [1.54, 1.807) is 0 Å². The van der Waals surface area contributed by atoms with Crippen molar-refractivity contribution in [3.63, 3.8) is 0 Å². The van der Waals surface area contributed by atoms with E-state index in [-0.39, 0.29) is 0 Å². The summed E-state index contributed by atoms with van der Waals surface area (Å²) in [5.74, 6) is 0.501. The lowest BCUT2D eigenvalue weighted by Gasteiger charge is -1.97. The van der Waals surface area contributed by atoms with Crippen molar-refractivity contribution in [3.05, 3.63) is 0 Å². The lowest BCUT2D eigenvalue weighted by Crippen LogP contribution is -1.93. The Morgan fingerprint density at radius 2 is 1.62 bits per heavy atom. The predicted molar refractivity (Wildman–Crippen MR) is 61.0 cm³/mol. The average molecular weight is 208 g/mol. The Morgan fingerprint density at radius 3 is 1.77 bits per heavy atom. The lowest BCUT2D eigenvalue weighted by molar-refractivity contribution is 0.293. The zero-order valence-corrected chi connectivity index (χ0v) is 10.7. The van der Waals surface area contributed by atoms with Gasteiger partial charge in [-0.3, -0.25) is 4.57 Å². The minimum Gasteiger partial charge on any atom is -0.332 e. The molecular formula is C10H25O2P. The summed E-state index contributed by atoms with van der Waals surface area (Å²) >= 11 is 0. The number of hydrogen-bond acceptors (Lipinski definition) is 2. The zero-order valence-electron chi connectivity index (χ0n) is 9.51. The standard InChI is InChI=1S/C6H14.C4H11O2P/c1-3-5-6-4-2;1-4(2)3-6-7-5/h3-6H2,1-2H3;4H,3,7H2,1-2H3. The molecule has 0 aliphatic carbocycles. The van der Waals surface area contributed by atoms with Crippen molar-refractivity contribution in [2.24, 2.45) is 5.92 Å². The van der Waals surface area contributed by atoms with E-state index in [9.17, 15) is 4.57 Å². The third-order valence-corrected chi connectivity index (χ3v) is 1.78. The van der Waals surface area contributed by atoms with Gasteiger partial charge in [-0.2, -0.15) is 0 Å². The maximum Gasteiger partial charge on any atom is 0.179 e. The van der Waals surface area contributed by atoms with Gasteiger partial charge in [-0.05, 0) is 5.92 Å². The second-order valence-corrected chi connectivity index (χ2v) is 4.06. The fourth-order valence-corrected chi connectivity index (χ4v) is 1.20. The molecule has 0 aliphatic rings. The first-order chi connectivity index (χ1) is 6.18. The van der Waals surface area contributed by atoms with E-state index in [0.29, 0.717) is 12.5 Å². The molecule has 0 rings (SSSR count). The molecule has 0 spiro atoms. The molecule has 0 saturated heterocycles. The summed E-state index contributed by atoms with van der Waals surface area (Å²) < 4.78 is 14.3. The van der Waals surface area contributed by atoms with Gasteiger partial charge in [-0.25, -0.2) is 0 Å². The van der Waals surface area contributed by atoms with Gasteiger partial charge in [0.05, 0.1) is 6.61 Å². The molecule has 1 atom stereocenters. The Labute approximate surface area is 84.3 Å². The van der Waals surface area contributed by atoms with Crippen molar-refractivity contribution in [3.8, 4) is 0 Å². The van der Waals surface area contributed by atoms with Gasteiger partial charge in [0.25, 0.3) is 0 Å². The SMILES string of the molecule is CC(C)CO[PH2]=O.CCCCCC. The zero-order chi connectivity index (χ0) is 10.5. The highest BCUT2D eigenvalue weighted by Crippen LogP contribution is 1.99. The van der Waals surface area contributed by atoms with E-state index in [4.69, 9.17) is 0 Å². The Morgan fingerprint density at radius 1 is 1.15 bits per heavy atom. The van der Waals surface area contributed by atoms with Crippen LogP contribution in [0.2, 0.25) is 0 Å². The van der Waals surface area contributed by atoms with Crippen LogP contribution in [-0.2, 0) is 9.09 Å². The van der Waals surface area contributed by atoms with Gasteiger partial charge in [-0.1, -0.05) is 53.4 Å². The Hall–Kier alpha value is 0.190. The topological polar surface area (TPSA) is 26.3 Å². The summed E-state index contributed by atoms with van der Waals surface area (Å²) in [5.41, 5.74) is 0. The van der Waals surface area contributed by atoms with Crippen LogP contribution in [0.1, 0.15) is 53.4 Å². The monoisotopic (exact) mass is 208 g/mol. The smallest absolute Gasteiger partial charge is 0.179 e. The highest BCUT2D eigenvalue weighted by Gasteiger charge is 1.88. The molecule has 0 heterocycles. The molecular weight excluding hydrogens is 183 g/mol. The number of hydrogen-bond donors (Lipinski definition) is 0. The molecule has 3 heteroatoms. The molecule has 0 radical (unpaired) electrons. The van der Waals surface area contributed by atoms with Crippen molar-refractivity contribution in [1.29, 1.82) is 0 Å². The van der Waals surface area contributed by atoms with Crippen molar-refractivity contribution in [1.82, 2.24) is 0 Å². The lowest BCUT2D eigenvalue weighted by atomic mass is 10.2. The highest BCUT2D eigenvalue weighted by molar-refractivity contribution is 7.17. The molecule has 0 amide bonds. The van der Waals surface area contributed by atoms with E-state index in [1.165, 1.54) is 25.7 Å². The van der Waals surface area contributed by atoms with E-state index >= 15 is 0 Å². The molecule has 1 unspecified atom stereocenters. The third kappa shape index (κ3) is 24.5. The fourth-order valence-electron chi connectivity index (χ4n) is 0.732. The van der Waals surface area contributed by atoms with Gasteiger partial charge in [0.15, 0.2) is 8.69 Å². The van der Waals surface area contributed by atoms with Crippen LogP contribution in [0.5, 0.6) is 0 Å². The van der Waals surface area contributed by atoms with Crippen LogP contribution in [0.4, 0.5) is 0 Å². The maximum absolute atomic E-state index is 9.70. The van der Waals surface area contributed by atoms with Crippen molar-refractivity contribution >= 4 is 8.69 Å². The van der Waals surface area contributed by atoms with Crippen molar-refractivity contribution in [2.45, 2.75) is 53.4 Å². The molecule has 0 aromatic carbocycles. The highest BCUT2D eigenvalue weighted by atomic mass is 31.1. The van der Waals surface area contributed by atoms with Crippen LogP contribution in [0.25, 0.3) is 0 Å². The van der Waals surface area contributed by atoms with Gasteiger partial charge in [0.2, 0.25) is 0 Å². The largest absolute Gasteiger partial charge is 0.332 e. The van der Waals surface area contributed by atoms with E-state index in [0.717, 1.165) is 0 Å². The minimum absolute atomic E-state index is 0.501. The molecule has 0 saturated carbocycles. The summed E-state index contributed by atoms with van der Waals surface area (Å²) in [7, 11) is -0.989. The van der Waals surface area contributed by atoms with E-state index < -0.39 is 8.69 Å². The molecule has 0 N–H and O–H groups in total. The van der Waals surface area contributed by atoms with Gasteiger partial charge >= 0.3 is 0 Å². The average Bonchev–Trinajstić information content (AvgIpc) is 2.12. The van der Waals surface area contributed by atoms with Crippen LogP contribution >= 0.6 is 8.69 Å². The molecule has 0 aromatic heterocycles. The molecule has 0 fully saturated rings. The Bertz CT molecular complexity index is 90.9. The quantitative estimate of drug-likeness (QED) is 0.488. The van der Waals surface area contributed by atoms with Crippen molar-refractivity contribution in [2.75, 3.05) is 6.61 Å². The van der Waals surface area contributed by atoms with Gasteiger partial charge < -0.3 is 4.52 Å². The summed E-state index contributed by atoms with van der Waals surface area (Å²) in [6, 6.07) is 0. The second-order valence-electron chi connectivity index (χ2n) is 3.53. The molecule has 82 valence electrons. The van der Waals surface area contributed by atoms with Crippen LogP contribution in [0, 0.1) is 5.92 Å². The van der Waals surface area contributed by atoms with Gasteiger partial charge in [0.1, 0.15) is 0 Å². The first-order valence-electron chi connectivity index (χ1n) is 5.24. The predicted octanol–water partition coefficient (Wildman–Crippen LogP) is 3.92. The second kappa shape index (κ2) is 14.7.